The van der Waals surface area contributed by atoms with Gasteiger partial charge in [-0.3, -0.25) is 4.57 Å². The number of carboxylic acid groups (broad SMARTS) is 1. The first-order valence-corrected chi connectivity index (χ1v) is 8.68. The van der Waals surface area contributed by atoms with Crippen molar-refractivity contribution in [2.45, 2.75) is 11.4 Å². The Bertz CT molecular complexity index is 1130. The topological polar surface area (TPSA) is 119 Å². The number of hydrogen-bond acceptors (Lipinski definition) is 5. The molecule has 1 heterocycles. The standard InChI is InChI=1S/C16H14N2O6S/c1-18-13-6-5-12(8-14(13)24-16(18)21)25(22,23)17-9-10-3-2-4-11(7-10)15(19)20/h2-8,17H,9H2,1H3,(H,19,20). The Morgan fingerprint density at radius 3 is 2.72 bits per heavy atom. The fraction of sp³-hybridized carbons (Fsp3) is 0.125. The molecule has 0 fully saturated rings. The summed E-state index contributed by atoms with van der Waals surface area (Å²) in [6, 6.07) is 10.1. The lowest BCUT2D eigenvalue weighted by molar-refractivity contribution is 0.0696. The number of hydrogen-bond donors (Lipinski definition) is 2. The molecule has 0 unspecified atom stereocenters. The van der Waals surface area contributed by atoms with Gasteiger partial charge in [0.2, 0.25) is 10.0 Å². The number of nitrogens with one attached hydrogen (secondary N) is 1. The fourth-order valence-electron chi connectivity index (χ4n) is 2.36. The Morgan fingerprint density at radius 2 is 2.00 bits per heavy atom. The Labute approximate surface area is 142 Å². The zero-order chi connectivity index (χ0) is 18.2. The van der Waals surface area contributed by atoms with Crippen LogP contribution in [0, 0.1) is 0 Å². The van der Waals surface area contributed by atoms with Crippen LogP contribution >= 0.6 is 0 Å². The molecule has 2 N–H and O–H groups in total. The minimum atomic E-state index is -3.86. The molecular formula is C16H14N2O6S. The number of sulfonamides is 1. The molecule has 0 radical (unpaired) electrons. The van der Waals surface area contributed by atoms with Gasteiger partial charge >= 0.3 is 11.7 Å². The van der Waals surface area contributed by atoms with Crippen molar-refractivity contribution in [2.24, 2.45) is 7.05 Å². The van der Waals surface area contributed by atoms with Crippen LogP contribution in [0.3, 0.4) is 0 Å². The molecule has 0 aliphatic heterocycles. The number of aromatic nitrogens is 1. The Hall–Kier alpha value is -2.91. The van der Waals surface area contributed by atoms with E-state index in [4.69, 9.17) is 9.52 Å². The van der Waals surface area contributed by atoms with Crippen LogP contribution in [0.2, 0.25) is 0 Å². The molecule has 0 aliphatic rings. The van der Waals surface area contributed by atoms with Crippen molar-refractivity contribution >= 4 is 27.1 Å². The molecule has 3 aromatic rings. The van der Waals surface area contributed by atoms with Crippen molar-refractivity contribution in [3.05, 3.63) is 64.1 Å². The molecule has 0 saturated heterocycles. The number of aromatic carboxylic acids is 1. The number of fused-ring (bicyclic) bond motifs is 1. The first-order valence-electron chi connectivity index (χ1n) is 7.19. The minimum absolute atomic E-state index is 0.0521. The van der Waals surface area contributed by atoms with Crippen molar-refractivity contribution in [3.8, 4) is 0 Å². The van der Waals surface area contributed by atoms with E-state index in [9.17, 15) is 18.0 Å². The van der Waals surface area contributed by atoms with Gasteiger partial charge in [0.05, 0.1) is 16.0 Å². The van der Waals surface area contributed by atoms with Gasteiger partial charge in [-0.2, -0.15) is 0 Å². The second-order valence-electron chi connectivity index (χ2n) is 5.39. The van der Waals surface area contributed by atoms with Crippen LogP contribution in [0.25, 0.3) is 11.1 Å². The zero-order valence-electron chi connectivity index (χ0n) is 13.1. The molecule has 8 nitrogen and oxygen atoms in total. The zero-order valence-corrected chi connectivity index (χ0v) is 13.9. The second-order valence-corrected chi connectivity index (χ2v) is 7.15. The smallest absolute Gasteiger partial charge is 0.419 e. The first-order chi connectivity index (χ1) is 11.8. The third-order valence-corrected chi connectivity index (χ3v) is 5.11. The van der Waals surface area contributed by atoms with Gasteiger partial charge in [0.15, 0.2) is 5.58 Å². The number of benzene rings is 2. The highest BCUT2D eigenvalue weighted by atomic mass is 32.2. The van der Waals surface area contributed by atoms with Gasteiger partial charge in [-0.15, -0.1) is 0 Å². The Kier molecular flexibility index (Phi) is 4.19. The molecule has 3 rings (SSSR count). The highest BCUT2D eigenvalue weighted by Gasteiger charge is 2.17. The van der Waals surface area contributed by atoms with Crippen LogP contribution in [0.1, 0.15) is 15.9 Å². The van der Waals surface area contributed by atoms with Crippen LogP contribution in [0.4, 0.5) is 0 Å². The molecule has 0 aliphatic carbocycles. The predicted octanol–water partition coefficient (Wildman–Crippen LogP) is 1.31. The molecule has 0 amide bonds. The normalized spacial score (nSPS) is 11.7. The number of nitrogens with zero attached hydrogens (tertiary/aromatic N) is 1. The van der Waals surface area contributed by atoms with Gasteiger partial charge in [-0.1, -0.05) is 12.1 Å². The third kappa shape index (κ3) is 3.32. The van der Waals surface area contributed by atoms with E-state index in [2.05, 4.69) is 4.72 Å². The maximum atomic E-state index is 12.4. The average molecular weight is 362 g/mol. The van der Waals surface area contributed by atoms with Gasteiger partial charge in [-0.05, 0) is 29.8 Å². The molecule has 130 valence electrons. The Morgan fingerprint density at radius 1 is 1.24 bits per heavy atom. The largest absolute Gasteiger partial charge is 0.478 e. The van der Waals surface area contributed by atoms with Crippen LogP contribution in [0.5, 0.6) is 0 Å². The number of rotatable bonds is 5. The van der Waals surface area contributed by atoms with Crippen molar-refractivity contribution in [2.75, 3.05) is 0 Å². The predicted molar refractivity (Wildman–Crippen MR) is 88.9 cm³/mol. The number of carbonyl (C=O) groups is 1. The fourth-order valence-corrected chi connectivity index (χ4v) is 3.39. The molecule has 1 aromatic heterocycles. The van der Waals surface area contributed by atoms with E-state index in [1.165, 1.54) is 48.0 Å². The number of oxazole rings is 1. The molecule has 2 aromatic carbocycles. The van der Waals surface area contributed by atoms with Crippen molar-refractivity contribution in [3.63, 3.8) is 0 Å². The Balaban J connectivity index is 1.86. The third-order valence-electron chi connectivity index (χ3n) is 3.71. The van der Waals surface area contributed by atoms with Crippen LogP contribution in [-0.2, 0) is 23.6 Å². The molecule has 25 heavy (non-hydrogen) atoms. The maximum absolute atomic E-state index is 12.4. The van der Waals surface area contributed by atoms with Crippen molar-refractivity contribution in [1.82, 2.24) is 9.29 Å². The first kappa shape index (κ1) is 16.9. The van der Waals surface area contributed by atoms with E-state index in [1.807, 2.05) is 0 Å². The lowest BCUT2D eigenvalue weighted by Crippen LogP contribution is -2.23. The van der Waals surface area contributed by atoms with Crippen molar-refractivity contribution in [1.29, 1.82) is 0 Å². The summed E-state index contributed by atoms with van der Waals surface area (Å²) in [4.78, 5) is 22.4. The van der Waals surface area contributed by atoms with Gasteiger partial charge in [0.1, 0.15) is 0 Å². The lowest BCUT2D eigenvalue weighted by atomic mass is 10.1. The summed E-state index contributed by atoms with van der Waals surface area (Å²) >= 11 is 0. The van der Waals surface area contributed by atoms with Crippen LogP contribution in [-0.4, -0.2) is 24.1 Å². The van der Waals surface area contributed by atoms with Gasteiger partial charge in [0, 0.05) is 19.7 Å². The lowest BCUT2D eigenvalue weighted by Gasteiger charge is -2.07. The summed E-state index contributed by atoms with van der Waals surface area (Å²) in [6.45, 7) is -0.0692. The molecule has 0 spiro atoms. The highest BCUT2D eigenvalue weighted by molar-refractivity contribution is 7.89. The number of carboxylic acids is 1. The summed E-state index contributed by atoms with van der Waals surface area (Å²) in [5, 5.41) is 8.96. The second kappa shape index (κ2) is 6.19. The van der Waals surface area contributed by atoms with E-state index in [0.29, 0.717) is 11.1 Å². The van der Waals surface area contributed by atoms with Gasteiger partial charge in [0.25, 0.3) is 0 Å². The molecule has 0 atom stereocenters. The quantitative estimate of drug-likeness (QED) is 0.706. The molecular weight excluding hydrogens is 348 g/mol. The van der Waals surface area contributed by atoms with E-state index >= 15 is 0 Å². The maximum Gasteiger partial charge on any atom is 0.419 e. The minimum Gasteiger partial charge on any atom is -0.478 e. The van der Waals surface area contributed by atoms with E-state index in [-0.39, 0.29) is 22.6 Å². The SMILES string of the molecule is Cn1c(=O)oc2cc(S(=O)(=O)NCc3cccc(C(=O)O)c3)ccc21. The molecule has 0 bridgehead atoms. The average Bonchev–Trinajstić information content (AvgIpc) is 2.87. The molecule has 0 saturated carbocycles. The highest BCUT2D eigenvalue weighted by Crippen LogP contribution is 2.18. The summed E-state index contributed by atoms with van der Waals surface area (Å²) in [5.74, 6) is -1.67. The van der Waals surface area contributed by atoms with Crippen LogP contribution in [0.15, 0.2) is 56.6 Å². The van der Waals surface area contributed by atoms with E-state index in [1.54, 1.807) is 6.07 Å². The van der Waals surface area contributed by atoms with Gasteiger partial charge in [-0.25, -0.2) is 22.7 Å². The summed E-state index contributed by atoms with van der Waals surface area (Å²) in [7, 11) is -2.33. The van der Waals surface area contributed by atoms with Crippen molar-refractivity contribution < 1.29 is 22.7 Å². The van der Waals surface area contributed by atoms with Gasteiger partial charge < -0.3 is 9.52 Å². The monoisotopic (exact) mass is 362 g/mol. The summed E-state index contributed by atoms with van der Waals surface area (Å²) in [5.41, 5.74) is 1.24. The summed E-state index contributed by atoms with van der Waals surface area (Å²) in [6.07, 6.45) is 0. The molecule has 9 heteroatoms. The van der Waals surface area contributed by atoms with E-state index in [0.717, 1.165) is 0 Å². The summed E-state index contributed by atoms with van der Waals surface area (Å²) < 4.78 is 33.5. The van der Waals surface area contributed by atoms with Crippen LogP contribution < -0.4 is 10.5 Å². The number of aryl methyl sites for hydroxylation is 1. The van der Waals surface area contributed by atoms with E-state index < -0.39 is 21.7 Å².